The van der Waals surface area contributed by atoms with Gasteiger partial charge in [-0.3, -0.25) is 9.67 Å². The highest BCUT2D eigenvalue weighted by Crippen LogP contribution is 2.18. The van der Waals surface area contributed by atoms with Crippen LogP contribution in [0, 0.1) is 6.92 Å². The Bertz CT molecular complexity index is 740. The minimum Gasteiger partial charge on any atom is -0.367 e. The van der Waals surface area contributed by atoms with Gasteiger partial charge in [0, 0.05) is 45.5 Å². The van der Waals surface area contributed by atoms with Crippen molar-refractivity contribution in [1.82, 2.24) is 20.4 Å². The van der Waals surface area contributed by atoms with Crippen molar-refractivity contribution in [1.29, 1.82) is 0 Å². The van der Waals surface area contributed by atoms with Crippen LogP contribution in [0.15, 0.2) is 41.7 Å². The molecule has 0 bridgehead atoms. The van der Waals surface area contributed by atoms with Crippen LogP contribution in [-0.2, 0) is 13.5 Å². The zero-order valence-electron chi connectivity index (χ0n) is 17.2. The molecule has 3 rings (SSSR count). The van der Waals surface area contributed by atoms with E-state index in [1.807, 2.05) is 17.9 Å². The van der Waals surface area contributed by atoms with Crippen LogP contribution in [0.4, 0.5) is 5.69 Å². The molecule has 0 radical (unpaired) electrons. The zero-order valence-corrected chi connectivity index (χ0v) is 19.5. The molecule has 0 spiro atoms. The number of benzene rings is 1. The van der Waals surface area contributed by atoms with Crippen molar-refractivity contribution >= 4 is 35.6 Å². The summed E-state index contributed by atoms with van der Waals surface area (Å²) in [5.41, 5.74) is 3.83. The Morgan fingerprint density at radius 1 is 1.29 bits per heavy atom. The van der Waals surface area contributed by atoms with Gasteiger partial charge in [-0.05, 0) is 38.7 Å². The maximum Gasteiger partial charge on any atom is 0.191 e. The molecule has 1 atom stereocenters. The van der Waals surface area contributed by atoms with Gasteiger partial charge in [-0.25, -0.2) is 0 Å². The van der Waals surface area contributed by atoms with Crippen LogP contribution in [0.1, 0.15) is 30.9 Å². The Morgan fingerprint density at radius 2 is 2.07 bits per heavy atom. The lowest BCUT2D eigenvalue weighted by Crippen LogP contribution is -2.51. The third-order valence-corrected chi connectivity index (χ3v) is 4.95. The van der Waals surface area contributed by atoms with E-state index in [1.54, 1.807) is 0 Å². The maximum absolute atomic E-state index is 4.79. The lowest BCUT2D eigenvalue weighted by Gasteiger charge is -2.34. The summed E-state index contributed by atoms with van der Waals surface area (Å²) < 4.78 is 1.86. The summed E-state index contributed by atoms with van der Waals surface area (Å²) >= 11 is 0. The molecule has 154 valence electrons. The van der Waals surface area contributed by atoms with E-state index in [-0.39, 0.29) is 24.0 Å². The number of aliphatic imine (C=N–C) groups is 1. The first-order valence-corrected chi connectivity index (χ1v) is 9.98. The molecule has 0 amide bonds. The summed E-state index contributed by atoms with van der Waals surface area (Å²) in [6.07, 6.45) is 7.34. The average Bonchev–Trinajstić information content (AvgIpc) is 3.10. The summed E-state index contributed by atoms with van der Waals surface area (Å²) in [4.78, 5) is 7.19. The van der Waals surface area contributed by atoms with Crippen LogP contribution >= 0.6 is 24.0 Å². The maximum atomic E-state index is 4.79. The zero-order chi connectivity index (χ0) is 19.1. The summed E-state index contributed by atoms with van der Waals surface area (Å²) in [5.74, 6) is 0.919. The number of rotatable bonds is 6. The molecule has 1 fully saturated rings. The number of aryl methyl sites for hydroxylation is 2. The molecule has 7 heteroatoms. The lowest BCUT2D eigenvalue weighted by molar-refractivity contribution is 0.468. The molecule has 0 aliphatic carbocycles. The molecule has 1 aromatic heterocycles. The number of aromatic nitrogens is 2. The summed E-state index contributed by atoms with van der Waals surface area (Å²) in [5, 5.41) is 11.3. The van der Waals surface area contributed by atoms with Crippen molar-refractivity contribution in [2.45, 2.75) is 39.2 Å². The molecule has 2 N–H and O–H groups in total. The highest BCUT2D eigenvalue weighted by Gasteiger charge is 2.21. The van der Waals surface area contributed by atoms with Crippen molar-refractivity contribution in [3.05, 3.63) is 47.8 Å². The number of hydrogen-bond donors (Lipinski definition) is 2. The molecule has 1 saturated heterocycles. The number of nitrogens with one attached hydrogen (secondary N) is 2. The van der Waals surface area contributed by atoms with Gasteiger partial charge in [0.05, 0.1) is 11.9 Å². The summed E-state index contributed by atoms with van der Waals surface area (Å²) in [6.45, 7) is 7.96. The number of halogens is 1. The van der Waals surface area contributed by atoms with Crippen LogP contribution in [0.5, 0.6) is 0 Å². The fourth-order valence-electron chi connectivity index (χ4n) is 3.47. The molecule has 2 aromatic rings. The molecule has 0 saturated carbocycles. The fraction of sp³-hybridized carbons (Fsp3) is 0.524. The third-order valence-electron chi connectivity index (χ3n) is 4.95. The highest BCUT2D eigenvalue weighted by molar-refractivity contribution is 14.0. The molecular weight excluding hydrogens is 463 g/mol. The predicted molar refractivity (Wildman–Crippen MR) is 128 cm³/mol. The van der Waals surface area contributed by atoms with E-state index in [0.717, 1.165) is 38.6 Å². The molecule has 1 unspecified atom stereocenters. The quantitative estimate of drug-likeness (QED) is 0.367. The molecule has 1 aliphatic heterocycles. The van der Waals surface area contributed by atoms with E-state index < -0.39 is 0 Å². The lowest BCUT2D eigenvalue weighted by atomic mass is 10.1. The first-order valence-electron chi connectivity index (χ1n) is 9.98. The standard InChI is InChI=1S/C21H32N6.HI/c1-4-22-21(23-12-11-18-9-7-17(2)8-10-18)25-19-6-5-13-27(15-19)20-14-24-26(3)16-20;/h7-10,14,16,19H,4-6,11-13,15H2,1-3H3,(H2,22,23,25);1H. The fourth-order valence-corrected chi connectivity index (χ4v) is 3.47. The Hall–Kier alpha value is -1.77. The van der Waals surface area contributed by atoms with Gasteiger partial charge in [0.2, 0.25) is 0 Å². The van der Waals surface area contributed by atoms with Gasteiger partial charge in [-0.15, -0.1) is 24.0 Å². The van der Waals surface area contributed by atoms with E-state index in [1.165, 1.54) is 29.7 Å². The molecular formula is C21H33IN6. The first-order chi connectivity index (χ1) is 13.1. The molecule has 1 aromatic carbocycles. The second-order valence-corrected chi connectivity index (χ2v) is 7.30. The number of hydrogen-bond acceptors (Lipinski definition) is 3. The van der Waals surface area contributed by atoms with E-state index in [9.17, 15) is 0 Å². The van der Waals surface area contributed by atoms with Crippen LogP contribution in [0.3, 0.4) is 0 Å². The van der Waals surface area contributed by atoms with Crippen LogP contribution in [-0.4, -0.2) is 48.0 Å². The summed E-state index contributed by atoms with van der Waals surface area (Å²) in [7, 11) is 1.97. The number of piperidine rings is 1. The largest absolute Gasteiger partial charge is 0.367 e. The Morgan fingerprint density at radius 3 is 2.75 bits per heavy atom. The van der Waals surface area contributed by atoms with Gasteiger partial charge in [0.25, 0.3) is 0 Å². The van der Waals surface area contributed by atoms with E-state index in [0.29, 0.717) is 6.04 Å². The number of nitrogens with zero attached hydrogens (tertiary/aromatic N) is 4. The van der Waals surface area contributed by atoms with Crippen molar-refractivity contribution in [2.24, 2.45) is 12.0 Å². The van der Waals surface area contributed by atoms with Crippen LogP contribution < -0.4 is 15.5 Å². The predicted octanol–water partition coefficient (Wildman–Crippen LogP) is 3.11. The topological polar surface area (TPSA) is 57.5 Å². The normalized spacial score (nSPS) is 17.2. The van der Waals surface area contributed by atoms with Crippen LogP contribution in [0.2, 0.25) is 0 Å². The highest BCUT2D eigenvalue weighted by atomic mass is 127. The number of guanidine groups is 1. The molecule has 1 aliphatic rings. The van der Waals surface area contributed by atoms with Gasteiger partial charge in [-0.1, -0.05) is 29.8 Å². The Labute approximate surface area is 185 Å². The van der Waals surface area contributed by atoms with Gasteiger partial charge < -0.3 is 15.5 Å². The number of anilines is 1. The minimum absolute atomic E-state index is 0. The minimum atomic E-state index is 0. The third kappa shape index (κ3) is 6.68. The van der Waals surface area contributed by atoms with Crippen molar-refractivity contribution < 1.29 is 0 Å². The van der Waals surface area contributed by atoms with Crippen LogP contribution in [0.25, 0.3) is 0 Å². The first kappa shape index (κ1) is 22.5. The SMILES string of the molecule is CCNC(=NCCc1ccc(C)cc1)NC1CCCN(c2cnn(C)c2)C1.I. The van der Waals surface area contributed by atoms with Crippen molar-refractivity contribution in [2.75, 3.05) is 31.1 Å². The second kappa shape index (κ2) is 11.3. The second-order valence-electron chi connectivity index (χ2n) is 7.30. The van der Waals surface area contributed by atoms with Gasteiger partial charge in [0.15, 0.2) is 5.96 Å². The van der Waals surface area contributed by atoms with Gasteiger partial charge >= 0.3 is 0 Å². The van der Waals surface area contributed by atoms with E-state index >= 15 is 0 Å². The Kier molecular flexibility index (Phi) is 9.08. The van der Waals surface area contributed by atoms with E-state index in [2.05, 4.69) is 64.9 Å². The van der Waals surface area contributed by atoms with Crippen molar-refractivity contribution in [3.8, 4) is 0 Å². The van der Waals surface area contributed by atoms with E-state index in [4.69, 9.17) is 4.99 Å². The van der Waals surface area contributed by atoms with Gasteiger partial charge in [0.1, 0.15) is 0 Å². The van der Waals surface area contributed by atoms with Gasteiger partial charge in [-0.2, -0.15) is 5.10 Å². The molecule has 6 nitrogen and oxygen atoms in total. The monoisotopic (exact) mass is 496 g/mol. The molecule has 2 heterocycles. The molecule has 28 heavy (non-hydrogen) atoms. The summed E-state index contributed by atoms with van der Waals surface area (Å²) in [6, 6.07) is 9.11. The smallest absolute Gasteiger partial charge is 0.191 e. The average molecular weight is 496 g/mol. The Balaban J connectivity index is 0.00000280. The van der Waals surface area contributed by atoms with Crippen molar-refractivity contribution in [3.63, 3.8) is 0 Å².